The van der Waals surface area contributed by atoms with Gasteiger partial charge < -0.3 is 14.9 Å². The number of rotatable bonds is 9. The number of carbonyl (C=O) groups is 1. The maximum atomic E-state index is 12.8. The molecule has 1 atom stereocenters. The molecule has 2 heterocycles. The lowest BCUT2D eigenvalue weighted by molar-refractivity contribution is -0.137. The van der Waals surface area contributed by atoms with Crippen LogP contribution in [0.5, 0.6) is 5.75 Å². The number of alkyl halides is 3. The van der Waals surface area contributed by atoms with Gasteiger partial charge in [0.25, 0.3) is 0 Å². The lowest BCUT2D eigenvalue weighted by atomic mass is 10.0. The average molecular weight is 520 g/mol. The highest BCUT2D eigenvalue weighted by Gasteiger charge is 2.30. The van der Waals surface area contributed by atoms with Crippen molar-refractivity contribution in [2.24, 2.45) is 0 Å². The van der Waals surface area contributed by atoms with Gasteiger partial charge >= 0.3 is 6.18 Å². The number of hydrogen-bond acceptors (Lipinski definition) is 6. The van der Waals surface area contributed by atoms with E-state index in [-0.39, 0.29) is 13.0 Å². The molecule has 1 aliphatic heterocycles. The van der Waals surface area contributed by atoms with Gasteiger partial charge in [0.1, 0.15) is 12.4 Å². The summed E-state index contributed by atoms with van der Waals surface area (Å²) in [5.74, 6) is 0.0821. The Morgan fingerprint density at radius 2 is 1.72 bits per heavy atom. The summed E-state index contributed by atoms with van der Waals surface area (Å²) >= 11 is 1.59. The molecular weight excluding hydrogens is 491 g/mol. The number of fused-ring (bicyclic) bond motifs is 1. The van der Waals surface area contributed by atoms with Gasteiger partial charge in [0, 0.05) is 42.4 Å². The second-order valence-corrected chi connectivity index (χ2v) is 9.96. The number of carbonyl (C=O) groups excluding carboxylic acids is 1. The van der Waals surface area contributed by atoms with Crippen molar-refractivity contribution in [1.82, 2.24) is 4.90 Å². The molecule has 192 valence electrons. The summed E-state index contributed by atoms with van der Waals surface area (Å²) in [5, 5.41) is 18.3. The summed E-state index contributed by atoms with van der Waals surface area (Å²) in [6.45, 7) is 1.62. The molecule has 0 amide bonds. The third kappa shape index (κ3) is 6.53. The number of hydrogen-bond donors (Lipinski definition) is 2. The van der Waals surface area contributed by atoms with E-state index in [1.165, 1.54) is 17.7 Å². The van der Waals surface area contributed by atoms with E-state index in [0.29, 0.717) is 5.75 Å². The topological polar surface area (TPSA) is 70.0 Å². The van der Waals surface area contributed by atoms with E-state index in [4.69, 9.17) is 9.84 Å². The van der Waals surface area contributed by atoms with Gasteiger partial charge in [-0.2, -0.15) is 13.2 Å². The van der Waals surface area contributed by atoms with Crippen LogP contribution in [0.15, 0.2) is 54.6 Å². The highest BCUT2D eigenvalue weighted by Crippen LogP contribution is 2.34. The molecule has 3 aromatic rings. The molecule has 1 unspecified atom stereocenters. The second-order valence-electron chi connectivity index (χ2n) is 8.79. The third-order valence-electron chi connectivity index (χ3n) is 6.29. The van der Waals surface area contributed by atoms with Crippen LogP contribution in [-0.4, -0.2) is 53.3 Å². The van der Waals surface area contributed by atoms with Gasteiger partial charge in [0.15, 0.2) is 11.9 Å². The van der Waals surface area contributed by atoms with Gasteiger partial charge in [-0.15, -0.1) is 11.3 Å². The van der Waals surface area contributed by atoms with Gasteiger partial charge in [0.2, 0.25) is 0 Å². The van der Waals surface area contributed by atoms with Crippen LogP contribution >= 0.6 is 11.3 Å². The number of benzene rings is 2. The zero-order valence-electron chi connectivity index (χ0n) is 19.6. The Balaban J connectivity index is 1.38. The van der Waals surface area contributed by atoms with Crippen molar-refractivity contribution in [3.05, 3.63) is 76.2 Å². The standard InChI is InChI=1S/C27H28F3NO4S/c28-27(29,30)21-4-1-19(2-5-21)26-8-7-23(36-26)16-31-12-9-18-3-6-22(15-20(18)10-13-31)35-25(11-14-32)24(34)17-33/h1-8,15,25,32-33H,9-14,16-17H2. The molecule has 0 fully saturated rings. The Labute approximate surface area is 211 Å². The number of ketones is 1. The summed E-state index contributed by atoms with van der Waals surface area (Å²) in [6.07, 6.45) is -3.42. The highest BCUT2D eigenvalue weighted by atomic mass is 32.1. The van der Waals surface area contributed by atoms with E-state index in [9.17, 15) is 23.1 Å². The molecule has 36 heavy (non-hydrogen) atoms. The zero-order chi connectivity index (χ0) is 25.7. The van der Waals surface area contributed by atoms with E-state index in [2.05, 4.69) is 4.90 Å². The number of aliphatic hydroxyl groups excluding tert-OH is 2. The molecular formula is C27H28F3NO4S. The van der Waals surface area contributed by atoms with E-state index in [1.807, 2.05) is 30.3 Å². The first-order chi connectivity index (χ1) is 17.3. The Kier molecular flexibility index (Phi) is 8.46. The van der Waals surface area contributed by atoms with Crippen LogP contribution in [0.4, 0.5) is 13.2 Å². The van der Waals surface area contributed by atoms with Crippen LogP contribution in [0.1, 0.15) is 28.0 Å². The zero-order valence-corrected chi connectivity index (χ0v) is 20.4. The van der Waals surface area contributed by atoms with E-state index in [0.717, 1.165) is 65.5 Å². The Bertz CT molecular complexity index is 1180. The minimum Gasteiger partial charge on any atom is -0.482 e. The minimum atomic E-state index is -4.34. The maximum Gasteiger partial charge on any atom is 0.416 e. The molecule has 0 radical (unpaired) electrons. The number of Topliss-reactive ketones (excluding diaryl/α,β-unsaturated/α-hetero) is 1. The first-order valence-electron chi connectivity index (χ1n) is 11.8. The largest absolute Gasteiger partial charge is 0.482 e. The van der Waals surface area contributed by atoms with Crippen LogP contribution in [0.25, 0.3) is 10.4 Å². The Morgan fingerprint density at radius 3 is 2.39 bits per heavy atom. The minimum absolute atomic E-state index is 0.125. The number of thiophene rings is 1. The van der Waals surface area contributed by atoms with Gasteiger partial charge in [0.05, 0.1) is 5.56 Å². The summed E-state index contributed by atoms with van der Waals surface area (Å²) in [4.78, 5) is 16.3. The predicted molar refractivity (Wildman–Crippen MR) is 132 cm³/mol. The van der Waals surface area contributed by atoms with Crippen LogP contribution < -0.4 is 4.74 Å². The predicted octanol–water partition coefficient (Wildman–Crippen LogP) is 4.73. The normalized spacial score (nSPS) is 15.2. The van der Waals surface area contributed by atoms with Crippen molar-refractivity contribution in [3.8, 4) is 16.2 Å². The molecule has 9 heteroatoms. The molecule has 2 aromatic carbocycles. The summed E-state index contributed by atoms with van der Waals surface area (Å²) in [5.41, 5.74) is 2.48. The molecule has 4 rings (SSSR count). The summed E-state index contributed by atoms with van der Waals surface area (Å²) in [6, 6.07) is 15.0. The van der Waals surface area contributed by atoms with Crippen molar-refractivity contribution >= 4 is 17.1 Å². The van der Waals surface area contributed by atoms with Crippen molar-refractivity contribution < 1.29 is 32.9 Å². The molecule has 0 aliphatic carbocycles. The van der Waals surface area contributed by atoms with Crippen molar-refractivity contribution in [1.29, 1.82) is 0 Å². The number of nitrogens with zero attached hydrogens (tertiary/aromatic N) is 1. The molecule has 0 spiro atoms. The van der Waals surface area contributed by atoms with Gasteiger partial charge in [-0.05, 0) is 65.9 Å². The van der Waals surface area contributed by atoms with Crippen LogP contribution in [0.2, 0.25) is 0 Å². The van der Waals surface area contributed by atoms with Gasteiger partial charge in [-0.3, -0.25) is 9.69 Å². The molecule has 5 nitrogen and oxygen atoms in total. The Hall–Kier alpha value is -2.72. The fourth-order valence-electron chi connectivity index (χ4n) is 4.31. The van der Waals surface area contributed by atoms with Crippen molar-refractivity contribution in [3.63, 3.8) is 0 Å². The Morgan fingerprint density at radius 1 is 1.00 bits per heavy atom. The fraction of sp³-hybridized carbons (Fsp3) is 0.370. The number of aliphatic hydroxyl groups is 2. The molecule has 1 aromatic heterocycles. The summed E-state index contributed by atoms with van der Waals surface area (Å²) in [7, 11) is 0. The second kappa shape index (κ2) is 11.6. The quantitative estimate of drug-likeness (QED) is 0.428. The lowest BCUT2D eigenvalue weighted by Gasteiger charge is -2.18. The smallest absolute Gasteiger partial charge is 0.416 e. The van der Waals surface area contributed by atoms with Crippen LogP contribution in [0, 0.1) is 0 Å². The fourth-order valence-corrected chi connectivity index (χ4v) is 5.37. The van der Waals surface area contributed by atoms with E-state index < -0.39 is 30.2 Å². The SMILES string of the molecule is O=C(CO)C(CCO)Oc1ccc2c(c1)CCN(Cc1ccc(-c3ccc(C(F)(F)F)cc3)s1)CC2. The molecule has 2 N–H and O–H groups in total. The van der Waals surface area contributed by atoms with Crippen LogP contribution in [0.3, 0.4) is 0 Å². The third-order valence-corrected chi connectivity index (χ3v) is 7.41. The monoisotopic (exact) mass is 519 g/mol. The first kappa shape index (κ1) is 26.3. The van der Waals surface area contributed by atoms with Crippen LogP contribution in [-0.2, 0) is 30.4 Å². The van der Waals surface area contributed by atoms with Crippen molar-refractivity contribution in [2.45, 2.75) is 38.1 Å². The first-order valence-corrected chi connectivity index (χ1v) is 12.6. The van der Waals surface area contributed by atoms with Gasteiger partial charge in [-0.1, -0.05) is 18.2 Å². The highest BCUT2D eigenvalue weighted by molar-refractivity contribution is 7.15. The number of ether oxygens (including phenoxy) is 1. The number of halogens is 3. The average Bonchev–Trinajstić information content (AvgIpc) is 3.24. The van der Waals surface area contributed by atoms with E-state index >= 15 is 0 Å². The summed E-state index contributed by atoms with van der Waals surface area (Å²) < 4.78 is 44.3. The van der Waals surface area contributed by atoms with E-state index in [1.54, 1.807) is 11.3 Å². The maximum absolute atomic E-state index is 12.8. The molecule has 0 saturated carbocycles. The molecule has 0 bridgehead atoms. The molecule has 0 saturated heterocycles. The van der Waals surface area contributed by atoms with Crippen molar-refractivity contribution in [2.75, 3.05) is 26.3 Å². The van der Waals surface area contributed by atoms with Gasteiger partial charge in [-0.25, -0.2) is 0 Å². The lowest BCUT2D eigenvalue weighted by Crippen LogP contribution is -2.30. The molecule has 1 aliphatic rings.